The maximum absolute atomic E-state index is 10.6. The van der Waals surface area contributed by atoms with Gasteiger partial charge in [-0.25, -0.2) is 4.79 Å². The highest BCUT2D eigenvalue weighted by atomic mass is 35.5. The number of rotatable bonds is 4. The minimum Gasteiger partial charge on any atom is -0.466 e. The van der Waals surface area contributed by atoms with Gasteiger partial charge in [-0.1, -0.05) is 6.92 Å². The zero-order valence-electron chi connectivity index (χ0n) is 7.02. The monoisotopic (exact) mass is 215 g/mol. The van der Waals surface area contributed by atoms with E-state index in [1.54, 1.807) is 0 Å². The van der Waals surface area contributed by atoms with Crippen molar-refractivity contribution in [3.63, 3.8) is 0 Å². The number of hydrogen-bond donors (Lipinski definition) is 2. The Bertz CT molecular complexity index is 136. The smallest absolute Gasteiger partial charge is 0.345 e. The first kappa shape index (κ1) is 14.5. The van der Waals surface area contributed by atoms with Crippen LogP contribution in [0.15, 0.2) is 0 Å². The molecule has 2 atom stereocenters. The van der Waals surface area contributed by atoms with E-state index in [9.17, 15) is 4.79 Å². The first-order chi connectivity index (χ1) is 5.11. The lowest BCUT2D eigenvalue weighted by Gasteiger charge is -2.11. The van der Waals surface area contributed by atoms with Crippen LogP contribution in [0.25, 0.3) is 0 Å². The number of nitrogens with two attached hydrogens (primary N) is 1. The fraction of sp³-hybridized carbons (Fsp3) is 0.833. The van der Waals surface area contributed by atoms with E-state index in [1.165, 1.54) is 7.11 Å². The van der Waals surface area contributed by atoms with Crippen molar-refractivity contribution in [1.82, 2.24) is 0 Å². The third-order valence-corrected chi connectivity index (χ3v) is 2.20. The second-order valence-electron chi connectivity index (χ2n) is 2.06. The minimum absolute atomic E-state index is 0. The average molecular weight is 216 g/mol. The van der Waals surface area contributed by atoms with Gasteiger partial charge in [0, 0.05) is 11.8 Å². The van der Waals surface area contributed by atoms with E-state index in [4.69, 9.17) is 10.8 Å². The van der Waals surface area contributed by atoms with Gasteiger partial charge in [-0.2, -0.15) is 0 Å². The zero-order valence-corrected chi connectivity index (χ0v) is 8.65. The summed E-state index contributed by atoms with van der Waals surface area (Å²) in [5.74, 6) is -0.629. The number of hydrogen-bond acceptors (Lipinski definition) is 5. The molecule has 3 N–H and O–H groups in total. The van der Waals surface area contributed by atoms with Crippen molar-refractivity contribution in [3.05, 3.63) is 0 Å². The number of aliphatic hydroxyl groups is 1. The SMILES string of the molecule is COC(=O)C(O)SC(C)CN.Cl. The molecule has 0 saturated heterocycles. The lowest BCUT2D eigenvalue weighted by molar-refractivity contribution is -0.145. The number of methoxy groups -OCH3 is 1. The lowest BCUT2D eigenvalue weighted by atomic mass is 10.5. The van der Waals surface area contributed by atoms with E-state index in [-0.39, 0.29) is 17.7 Å². The first-order valence-electron chi connectivity index (χ1n) is 3.23. The molecule has 0 aliphatic heterocycles. The van der Waals surface area contributed by atoms with Crippen LogP contribution in [-0.2, 0) is 9.53 Å². The molecule has 2 unspecified atom stereocenters. The Morgan fingerprint density at radius 2 is 2.25 bits per heavy atom. The van der Waals surface area contributed by atoms with Crippen molar-refractivity contribution in [1.29, 1.82) is 0 Å². The Hall–Kier alpha value is 0.0300. The molecule has 0 aromatic rings. The molecule has 0 bridgehead atoms. The molecular weight excluding hydrogens is 202 g/mol. The molecule has 0 heterocycles. The van der Waals surface area contributed by atoms with Gasteiger partial charge in [0.15, 0.2) is 5.44 Å². The van der Waals surface area contributed by atoms with Gasteiger partial charge in [0.1, 0.15) is 0 Å². The maximum atomic E-state index is 10.6. The van der Waals surface area contributed by atoms with Gasteiger partial charge in [-0.15, -0.1) is 24.2 Å². The fourth-order valence-corrected chi connectivity index (χ4v) is 1.19. The Morgan fingerprint density at radius 1 is 1.75 bits per heavy atom. The summed E-state index contributed by atoms with van der Waals surface area (Å²) in [4.78, 5) is 10.6. The second kappa shape index (κ2) is 7.67. The number of carbonyl (C=O) groups excluding carboxylic acids is 1. The summed E-state index contributed by atoms with van der Waals surface area (Å²) in [5, 5.41) is 9.11. The number of thioether (sulfide) groups is 1. The highest BCUT2D eigenvalue weighted by Crippen LogP contribution is 2.15. The molecule has 0 aliphatic carbocycles. The molecule has 0 fully saturated rings. The Morgan fingerprint density at radius 3 is 2.58 bits per heavy atom. The fourth-order valence-electron chi connectivity index (χ4n) is 0.432. The van der Waals surface area contributed by atoms with E-state index >= 15 is 0 Å². The molecule has 0 radical (unpaired) electrons. The summed E-state index contributed by atoms with van der Waals surface area (Å²) in [6.45, 7) is 2.26. The minimum atomic E-state index is -1.11. The number of halogens is 1. The molecule has 0 spiro atoms. The lowest BCUT2D eigenvalue weighted by Crippen LogP contribution is -2.23. The standard InChI is InChI=1S/C6H13NO3S.ClH/c1-4(3-7)11-6(9)5(8)10-2;/h4,6,9H,3,7H2,1-2H3;1H. The average Bonchev–Trinajstić information content (AvgIpc) is 2.02. The summed E-state index contributed by atoms with van der Waals surface area (Å²) in [6, 6.07) is 0. The van der Waals surface area contributed by atoms with E-state index in [2.05, 4.69) is 4.74 Å². The molecule has 0 amide bonds. The normalized spacial score (nSPS) is 14.3. The Labute approximate surface area is 82.2 Å². The van der Waals surface area contributed by atoms with E-state index in [1.807, 2.05) is 6.92 Å². The maximum Gasteiger partial charge on any atom is 0.345 e. The summed E-state index contributed by atoms with van der Waals surface area (Å²) in [7, 11) is 1.24. The number of ether oxygens (including phenoxy) is 1. The van der Waals surface area contributed by atoms with Crippen molar-refractivity contribution in [2.45, 2.75) is 17.6 Å². The van der Waals surface area contributed by atoms with Gasteiger partial charge in [-0.3, -0.25) is 0 Å². The molecule has 0 aromatic heterocycles. The molecule has 0 aromatic carbocycles. The van der Waals surface area contributed by atoms with Crippen LogP contribution in [0.1, 0.15) is 6.92 Å². The van der Waals surface area contributed by atoms with Crippen molar-refractivity contribution >= 4 is 30.1 Å². The van der Waals surface area contributed by atoms with E-state index in [0.29, 0.717) is 6.54 Å². The van der Waals surface area contributed by atoms with Crippen LogP contribution in [0.4, 0.5) is 0 Å². The molecule has 4 nitrogen and oxygen atoms in total. The van der Waals surface area contributed by atoms with Crippen LogP contribution in [0.3, 0.4) is 0 Å². The number of esters is 1. The van der Waals surface area contributed by atoms with Gasteiger partial charge in [0.2, 0.25) is 0 Å². The highest BCUT2D eigenvalue weighted by molar-refractivity contribution is 8.01. The number of aliphatic hydroxyl groups excluding tert-OH is 1. The van der Waals surface area contributed by atoms with Crippen LogP contribution in [0.5, 0.6) is 0 Å². The summed E-state index contributed by atoms with van der Waals surface area (Å²) >= 11 is 1.09. The third kappa shape index (κ3) is 5.65. The van der Waals surface area contributed by atoms with Gasteiger partial charge in [0.05, 0.1) is 7.11 Å². The summed E-state index contributed by atoms with van der Waals surface area (Å²) < 4.78 is 4.31. The van der Waals surface area contributed by atoms with Crippen LogP contribution in [0, 0.1) is 0 Å². The molecule has 6 heteroatoms. The summed E-state index contributed by atoms with van der Waals surface area (Å²) in [6.07, 6.45) is 0. The quantitative estimate of drug-likeness (QED) is 0.510. The molecule has 0 saturated carbocycles. The Balaban J connectivity index is 0. The van der Waals surface area contributed by atoms with E-state index in [0.717, 1.165) is 11.8 Å². The molecule has 74 valence electrons. The van der Waals surface area contributed by atoms with Crippen molar-refractivity contribution in [3.8, 4) is 0 Å². The van der Waals surface area contributed by atoms with Crippen molar-refractivity contribution in [2.75, 3.05) is 13.7 Å². The van der Waals surface area contributed by atoms with Gasteiger partial charge < -0.3 is 15.6 Å². The zero-order chi connectivity index (χ0) is 8.85. The molecule has 0 rings (SSSR count). The van der Waals surface area contributed by atoms with Crippen LogP contribution in [0.2, 0.25) is 0 Å². The largest absolute Gasteiger partial charge is 0.466 e. The van der Waals surface area contributed by atoms with Gasteiger partial charge in [0.25, 0.3) is 0 Å². The second-order valence-corrected chi connectivity index (χ2v) is 3.58. The van der Waals surface area contributed by atoms with E-state index < -0.39 is 11.4 Å². The third-order valence-electron chi connectivity index (χ3n) is 1.10. The van der Waals surface area contributed by atoms with Crippen LogP contribution in [-0.4, -0.2) is 35.4 Å². The predicted molar refractivity (Wildman–Crippen MR) is 51.4 cm³/mol. The van der Waals surface area contributed by atoms with Crippen molar-refractivity contribution in [2.24, 2.45) is 5.73 Å². The molecule has 0 aliphatic rings. The Kier molecular flexibility index (Phi) is 9.30. The predicted octanol–water partition coefficient (Wildman–Crippen LogP) is -0.0200. The van der Waals surface area contributed by atoms with Gasteiger partial charge >= 0.3 is 5.97 Å². The van der Waals surface area contributed by atoms with Gasteiger partial charge in [-0.05, 0) is 0 Å². The summed E-state index contributed by atoms with van der Waals surface area (Å²) in [5.41, 5.74) is 4.17. The van der Waals surface area contributed by atoms with Crippen molar-refractivity contribution < 1.29 is 14.6 Å². The topological polar surface area (TPSA) is 72.5 Å². The molecule has 12 heavy (non-hydrogen) atoms. The number of carbonyl (C=O) groups is 1. The molecular formula is C6H14ClNO3S. The first-order valence-corrected chi connectivity index (χ1v) is 4.17. The highest BCUT2D eigenvalue weighted by Gasteiger charge is 2.17. The van der Waals surface area contributed by atoms with Crippen LogP contribution >= 0.6 is 24.2 Å². The van der Waals surface area contributed by atoms with Crippen LogP contribution < -0.4 is 5.73 Å².